The maximum atomic E-state index is 5.81. The largest absolute Gasteiger partial charge is 0.397 e. The SMILES string of the molecule is Nc1ccc(N2CCNCC2)c2nonc12. The van der Waals surface area contributed by atoms with Gasteiger partial charge in [-0.2, -0.15) is 0 Å². The van der Waals surface area contributed by atoms with Crippen molar-refractivity contribution >= 4 is 22.4 Å². The summed E-state index contributed by atoms with van der Waals surface area (Å²) in [6.07, 6.45) is 0. The molecule has 0 radical (unpaired) electrons. The molecular weight excluding hydrogens is 206 g/mol. The number of rotatable bonds is 1. The molecule has 0 saturated carbocycles. The topological polar surface area (TPSA) is 80.2 Å². The molecule has 0 aliphatic carbocycles. The van der Waals surface area contributed by atoms with E-state index in [-0.39, 0.29) is 0 Å². The molecule has 1 aliphatic heterocycles. The van der Waals surface area contributed by atoms with Crippen LogP contribution in [0.15, 0.2) is 16.8 Å². The minimum atomic E-state index is 0.607. The zero-order valence-electron chi connectivity index (χ0n) is 8.81. The second kappa shape index (κ2) is 3.64. The molecule has 3 rings (SSSR count). The molecule has 1 fully saturated rings. The van der Waals surface area contributed by atoms with Crippen LogP contribution in [0.4, 0.5) is 11.4 Å². The number of piperazine rings is 1. The van der Waals surface area contributed by atoms with Gasteiger partial charge in [-0.1, -0.05) is 0 Å². The molecule has 0 atom stereocenters. The number of aromatic nitrogens is 2. The minimum Gasteiger partial charge on any atom is -0.397 e. The van der Waals surface area contributed by atoms with Crippen molar-refractivity contribution in [2.45, 2.75) is 0 Å². The Bertz CT molecular complexity index is 503. The Balaban J connectivity index is 2.08. The van der Waals surface area contributed by atoms with Crippen molar-refractivity contribution in [2.24, 2.45) is 0 Å². The number of nitrogen functional groups attached to an aromatic ring is 1. The number of hydrogen-bond donors (Lipinski definition) is 2. The van der Waals surface area contributed by atoms with E-state index in [2.05, 4.69) is 20.5 Å². The fraction of sp³-hybridized carbons (Fsp3) is 0.400. The molecule has 2 aromatic rings. The van der Waals surface area contributed by atoms with Crippen LogP contribution in [0.2, 0.25) is 0 Å². The highest BCUT2D eigenvalue weighted by Gasteiger charge is 2.17. The maximum Gasteiger partial charge on any atom is 0.160 e. The van der Waals surface area contributed by atoms with Gasteiger partial charge < -0.3 is 16.0 Å². The normalized spacial score (nSPS) is 16.9. The van der Waals surface area contributed by atoms with Crippen LogP contribution in [-0.4, -0.2) is 36.5 Å². The summed E-state index contributed by atoms with van der Waals surface area (Å²) >= 11 is 0. The lowest BCUT2D eigenvalue weighted by Crippen LogP contribution is -2.43. The summed E-state index contributed by atoms with van der Waals surface area (Å²) in [5.74, 6) is 0. The molecule has 3 N–H and O–H groups in total. The molecule has 84 valence electrons. The quantitative estimate of drug-likeness (QED) is 0.668. The highest BCUT2D eigenvalue weighted by atomic mass is 16.6. The molecule has 16 heavy (non-hydrogen) atoms. The van der Waals surface area contributed by atoms with Gasteiger partial charge in [0.05, 0.1) is 11.4 Å². The van der Waals surface area contributed by atoms with Crippen LogP contribution in [-0.2, 0) is 0 Å². The molecule has 1 aliphatic rings. The monoisotopic (exact) mass is 219 g/mol. The fourth-order valence-electron chi connectivity index (χ4n) is 2.03. The molecule has 1 aromatic carbocycles. The summed E-state index contributed by atoms with van der Waals surface area (Å²) in [5, 5.41) is 11.1. The van der Waals surface area contributed by atoms with Crippen molar-refractivity contribution < 1.29 is 4.63 Å². The summed E-state index contributed by atoms with van der Waals surface area (Å²) < 4.78 is 4.75. The number of anilines is 2. The van der Waals surface area contributed by atoms with Gasteiger partial charge in [-0.25, -0.2) is 4.63 Å². The van der Waals surface area contributed by atoms with Gasteiger partial charge in [-0.05, 0) is 22.4 Å². The molecule has 0 unspecified atom stereocenters. The van der Waals surface area contributed by atoms with Gasteiger partial charge in [0.25, 0.3) is 0 Å². The average Bonchev–Trinajstić information content (AvgIpc) is 2.81. The molecule has 0 amide bonds. The Morgan fingerprint density at radius 1 is 1.19 bits per heavy atom. The first-order valence-electron chi connectivity index (χ1n) is 5.32. The molecule has 6 nitrogen and oxygen atoms in total. The lowest BCUT2D eigenvalue weighted by atomic mass is 10.2. The van der Waals surface area contributed by atoms with E-state index < -0.39 is 0 Å². The molecular formula is C10H13N5O. The minimum absolute atomic E-state index is 0.607. The van der Waals surface area contributed by atoms with Crippen LogP contribution >= 0.6 is 0 Å². The van der Waals surface area contributed by atoms with E-state index in [1.54, 1.807) is 0 Å². The van der Waals surface area contributed by atoms with Gasteiger partial charge in [0.1, 0.15) is 0 Å². The standard InChI is InChI=1S/C10H13N5O/c11-7-1-2-8(10-9(7)13-16-14-10)15-5-3-12-4-6-15/h1-2,12H,3-6,11H2. The van der Waals surface area contributed by atoms with E-state index in [4.69, 9.17) is 10.4 Å². The van der Waals surface area contributed by atoms with Gasteiger partial charge in [0.2, 0.25) is 0 Å². The van der Waals surface area contributed by atoms with Crippen molar-refractivity contribution in [1.29, 1.82) is 0 Å². The number of hydrogen-bond acceptors (Lipinski definition) is 6. The zero-order chi connectivity index (χ0) is 11.0. The van der Waals surface area contributed by atoms with Gasteiger partial charge in [0, 0.05) is 26.2 Å². The first-order chi connectivity index (χ1) is 7.86. The van der Waals surface area contributed by atoms with E-state index in [1.165, 1.54) is 0 Å². The van der Waals surface area contributed by atoms with E-state index >= 15 is 0 Å². The second-order valence-corrected chi connectivity index (χ2v) is 3.87. The molecule has 1 saturated heterocycles. The predicted molar refractivity (Wildman–Crippen MR) is 61.3 cm³/mol. The van der Waals surface area contributed by atoms with Crippen LogP contribution in [0.25, 0.3) is 11.0 Å². The number of nitrogens with two attached hydrogens (primary N) is 1. The zero-order valence-corrected chi connectivity index (χ0v) is 8.81. The van der Waals surface area contributed by atoms with Gasteiger partial charge in [-0.3, -0.25) is 0 Å². The lowest BCUT2D eigenvalue weighted by Gasteiger charge is -2.29. The predicted octanol–water partition coefficient (Wildman–Crippen LogP) is 0.215. The Morgan fingerprint density at radius 3 is 2.75 bits per heavy atom. The summed E-state index contributed by atoms with van der Waals surface area (Å²) in [7, 11) is 0. The molecule has 0 spiro atoms. The van der Waals surface area contributed by atoms with Crippen LogP contribution in [0, 0.1) is 0 Å². The van der Waals surface area contributed by atoms with E-state index in [0.717, 1.165) is 37.4 Å². The first-order valence-corrected chi connectivity index (χ1v) is 5.32. The number of benzene rings is 1. The van der Waals surface area contributed by atoms with Crippen LogP contribution in [0.5, 0.6) is 0 Å². The highest BCUT2D eigenvalue weighted by molar-refractivity contribution is 5.95. The average molecular weight is 219 g/mol. The molecule has 2 heterocycles. The number of fused-ring (bicyclic) bond motifs is 1. The summed E-state index contributed by atoms with van der Waals surface area (Å²) in [6, 6.07) is 3.83. The van der Waals surface area contributed by atoms with E-state index in [0.29, 0.717) is 11.2 Å². The van der Waals surface area contributed by atoms with Crippen LogP contribution in [0.1, 0.15) is 0 Å². The summed E-state index contributed by atoms with van der Waals surface area (Å²) in [4.78, 5) is 2.27. The number of nitrogens with one attached hydrogen (secondary N) is 1. The van der Waals surface area contributed by atoms with Crippen LogP contribution < -0.4 is 16.0 Å². The summed E-state index contributed by atoms with van der Waals surface area (Å²) in [5.41, 5.74) is 8.86. The highest BCUT2D eigenvalue weighted by Crippen LogP contribution is 2.28. The van der Waals surface area contributed by atoms with E-state index in [1.807, 2.05) is 12.1 Å². The second-order valence-electron chi connectivity index (χ2n) is 3.87. The van der Waals surface area contributed by atoms with Gasteiger partial charge in [0.15, 0.2) is 11.0 Å². The third kappa shape index (κ3) is 1.38. The van der Waals surface area contributed by atoms with Gasteiger partial charge in [-0.15, -0.1) is 0 Å². The Labute approximate surface area is 92.4 Å². The summed E-state index contributed by atoms with van der Waals surface area (Å²) in [6.45, 7) is 3.89. The van der Waals surface area contributed by atoms with Crippen LogP contribution in [0.3, 0.4) is 0 Å². The third-order valence-electron chi connectivity index (χ3n) is 2.88. The first kappa shape index (κ1) is 9.41. The van der Waals surface area contributed by atoms with Crippen molar-refractivity contribution in [3.63, 3.8) is 0 Å². The molecule has 1 aromatic heterocycles. The smallest absolute Gasteiger partial charge is 0.160 e. The Kier molecular flexibility index (Phi) is 2.14. The fourth-order valence-corrected chi connectivity index (χ4v) is 2.03. The van der Waals surface area contributed by atoms with E-state index in [9.17, 15) is 0 Å². The van der Waals surface area contributed by atoms with Crippen molar-refractivity contribution in [3.8, 4) is 0 Å². The van der Waals surface area contributed by atoms with Crippen molar-refractivity contribution in [3.05, 3.63) is 12.1 Å². The molecule has 6 heteroatoms. The Morgan fingerprint density at radius 2 is 1.94 bits per heavy atom. The molecule has 0 bridgehead atoms. The van der Waals surface area contributed by atoms with Crippen molar-refractivity contribution in [2.75, 3.05) is 36.8 Å². The maximum absolute atomic E-state index is 5.81. The van der Waals surface area contributed by atoms with Crippen molar-refractivity contribution in [1.82, 2.24) is 15.6 Å². The number of nitrogens with zero attached hydrogens (tertiary/aromatic N) is 3. The third-order valence-corrected chi connectivity index (χ3v) is 2.88. The Hall–Kier alpha value is -1.82. The van der Waals surface area contributed by atoms with Gasteiger partial charge >= 0.3 is 0 Å². The lowest BCUT2D eigenvalue weighted by molar-refractivity contribution is 0.315.